The topological polar surface area (TPSA) is 156 Å². The molecule has 2 aliphatic carbocycles. The summed E-state index contributed by atoms with van der Waals surface area (Å²) in [6.45, 7) is 0. The number of rotatable bonds is 2. The highest BCUT2D eigenvalue weighted by molar-refractivity contribution is 7.93. The smallest absolute Gasteiger partial charge is 0.242 e. The van der Waals surface area contributed by atoms with Crippen LogP contribution in [0.4, 0.5) is 0 Å². The Morgan fingerprint density at radius 3 is 1.43 bits per heavy atom. The fourth-order valence-corrected chi connectivity index (χ4v) is 3.48. The second-order valence-electron chi connectivity index (χ2n) is 4.79. The van der Waals surface area contributed by atoms with Crippen molar-refractivity contribution < 1.29 is 39.1 Å². The average molecular weight is 318 g/mol. The van der Waals surface area contributed by atoms with Crippen LogP contribution in [-0.4, -0.2) is 61.1 Å². The summed E-state index contributed by atoms with van der Waals surface area (Å²) in [5.41, 5.74) is 0. The Labute approximate surface area is 119 Å². The summed E-state index contributed by atoms with van der Waals surface area (Å²) < 4.78 is 24.6. The van der Waals surface area contributed by atoms with Gasteiger partial charge in [-0.3, -0.25) is 0 Å². The average Bonchev–Trinajstić information content (AvgIpc) is 2.35. The van der Waals surface area contributed by atoms with Gasteiger partial charge < -0.3 is 30.6 Å². The van der Waals surface area contributed by atoms with Crippen LogP contribution in [0.15, 0.2) is 48.0 Å². The van der Waals surface area contributed by atoms with Crippen molar-refractivity contribution in [3.63, 3.8) is 0 Å². The predicted octanol–water partition coefficient (Wildman–Crippen LogP) is -1.48. The van der Waals surface area contributed by atoms with Crippen LogP contribution in [0.5, 0.6) is 0 Å². The molecule has 0 heterocycles. The third-order valence-corrected chi connectivity index (χ3v) is 5.30. The molecule has 0 saturated carbocycles. The molecule has 8 nitrogen and oxygen atoms in total. The third-order valence-electron chi connectivity index (χ3n) is 3.19. The van der Waals surface area contributed by atoms with Crippen molar-refractivity contribution in [2.24, 2.45) is 0 Å². The van der Waals surface area contributed by atoms with Crippen molar-refractivity contribution >= 4 is 9.84 Å². The molecule has 0 bridgehead atoms. The molecule has 0 aromatic heterocycles. The van der Waals surface area contributed by atoms with Gasteiger partial charge in [0.2, 0.25) is 11.6 Å². The van der Waals surface area contributed by atoms with Crippen molar-refractivity contribution in [3.05, 3.63) is 48.0 Å². The highest BCUT2D eigenvalue weighted by atomic mass is 32.2. The SMILES string of the molecule is O=S(=O)(C1C=CC(O)(O)C(O)=C1)C1C=CC(O)(O)C(O)=C1. The van der Waals surface area contributed by atoms with Crippen LogP contribution < -0.4 is 0 Å². The minimum absolute atomic E-state index is 0.711. The molecule has 0 aromatic rings. The maximum Gasteiger partial charge on any atom is 0.242 e. The van der Waals surface area contributed by atoms with Crippen molar-refractivity contribution in [3.8, 4) is 0 Å². The van der Waals surface area contributed by atoms with Gasteiger partial charge in [-0.1, -0.05) is 12.2 Å². The van der Waals surface area contributed by atoms with E-state index in [9.17, 15) is 39.1 Å². The molecule has 2 atom stereocenters. The fourth-order valence-electron chi connectivity index (χ4n) is 1.89. The Hall–Kier alpha value is -1.65. The normalized spacial score (nSPS) is 30.7. The molecule has 21 heavy (non-hydrogen) atoms. The van der Waals surface area contributed by atoms with Crippen molar-refractivity contribution in [2.45, 2.75) is 22.1 Å². The lowest BCUT2D eigenvalue weighted by molar-refractivity contribution is -0.112. The Morgan fingerprint density at radius 1 is 0.810 bits per heavy atom. The predicted molar refractivity (Wildman–Crippen MR) is 70.5 cm³/mol. The van der Waals surface area contributed by atoms with Crippen LogP contribution in [0.2, 0.25) is 0 Å². The second kappa shape index (κ2) is 4.68. The molecular weight excluding hydrogens is 304 g/mol. The minimum Gasteiger partial charge on any atom is -0.507 e. The van der Waals surface area contributed by atoms with Gasteiger partial charge in [0.15, 0.2) is 21.4 Å². The summed E-state index contributed by atoms with van der Waals surface area (Å²) >= 11 is 0. The van der Waals surface area contributed by atoms with Crippen molar-refractivity contribution in [2.75, 3.05) is 0 Å². The van der Waals surface area contributed by atoms with Crippen LogP contribution in [0.25, 0.3) is 0 Å². The summed E-state index contributed by atoms with van der Waals surface area (Å²) in [6, 6.07) is 0. The Balaban J connectivity index is 2.34. The van der Waals surface area contributed by atoms with Gasteiger partial charge in [0.1, 0.15) is 10.5 Å². The molecule has 0 aliphatic heterocycles. The summed E-state index contributed by atoms with van der Waals surface area (Å²) in [4.78, 5) is 0. The first-order chi connectivity index (χ1) is 9.47. The zero-order valence-electron chi connectivity index (χ0n) is 10.5. The standard InChI is InChI=1S/C12H14O8S/c13-9-5-7(1-3-11(9,15)16)21(19,20)8-2-4-12(17,18)10(14)6-8/h1-8,13-18H. The monoisotopic (exact) mass is 318 g/mol. The van der Waals surface area contributed by atoms with E-state index < -0.39 is 43.4 Å². The van der Waals surface area contributed by atoms with Gasteiger partial charge in [0.05, 0.1) is 0 Å². The minimum atomic E-state index is -4.04. The molecule has 0 aromatic carbocycles. The van der Waals surface area contributed by atoms with E-state index in [-0.39, 0.29) is 0 Å². The molecule has 2 unspecified atom stereocenters. The van der Waals surface area contributed by atoms with Gasteiger partial charge in [-0.05, 0) is 24.3 Å². The number of aliphatic hydroxyl groups is 6. The van der Waals surface area contributed by atoms with E-state index in [4.69, 9.17) is 0 Å². The first-order valence-electron chi connectivity index (χ1n) is 5.80. The van der Waals surface area contributed by atoms with Gasteiger partial charge >= 0.3 is 0 Å². The molecule has 0 radical (unpaired) electrons. The van der Waals surface area contributed by atoms with Crippen LogP contribution in [0, 0.1) is 0 Å². The van der Waals surface area contributed by atoms with Crippen molar-refractivity contribution in [1.82, 2.24) is 0 Å². The van der Waals surface area contributed by atoms with Crippen LogP contribution in [0.1, 0.15) is 0 Å². The van der Waals surface area contributed by atoms with Crippen molar-refractivity contribution in [1.29, 1.82) is 0 Å². The second-order valence-corrected chi connectivity index (χ2v) is 7.06. The van der Waals surface area contributed by atoms with Gasteiger partial charge in [-0.15, -0.1) is 0 Å². The quantitative estimate of drug-likeness (QED) is 0.266. The molecular formula is C12H14O8S. The van der Waals surface area contributed by atoms with Gasteiger partial charge in [0, 0.05) is 0 Å². The first-order valence-corrected chi connectivity index (χ1v) is 7.41. The molecule has 2 rings (SSSR count). The Kier molecular flexibility index (Phi) is 3.51. The van der Waals surface area contributed by atoms with Gasteiger partial charge in [0.25, 0.3) is 0 Å². The fraction of sp³-hybridized carbons (Fsp3) is 0.333. The summed E-state index contributed by atoms with van der Waals surface area (Å²) in [5.74, 6) is -7.13. The molecule has 116 valence electrons. The van der Waals surface area contributed by atoms with E-state index in [0.29, 0.717) is 12.2 Å². The summed E-state index contributed by atoms with van der Waals surface area (Å²) in [6.07, 6.45) is 4.84. The van der Waals surface area contributed by atoms with E-state index in [0.717, 1.165) is 24.3 Å². The zero-order valence-corrected chi connectivity index (χ0v) is 11.3. The van der Waals surface area contributed by atoms with Gasteiger partial charge in [-0.25, -0.2) is 8.42 Å². The summed E-state index contributed by atoms with van der Waals surface area (Å²) in [5, 5.41) is 53.1. The molecule has 2 aliphatic rings. The lowest BCUT2D eigenvalue weighted by Crippen LogP contribution is -2.39. The Bertz CT molecular complexity index is 613. The van der Waals surface area contributed by atoms with E-state index in [2.05, 4.69) is 0 Å². The van der Waals surface area contributed by atoms with E-state index in [1.165, 1.54) is 0 Å². The number of hydrogen-bond acceptors (Lipinski definition) is 8. The molecule has 0 spiro atoms. The first kappa shape index (κ1) is 15.7. The highest BCUT2D eigenvalue weighted by Crippen LogP contribution is 2.28. The largest absolute Gasteiger partial charge is 0.507 e. The van der Waals surface area contributed by atoms with Crippen LogP contribution >= 0.6 is 0 Å². The lowest BCUT2D eigenvalue weighted by atomic mass is 10.1. The highest BCUT2D eigenvalue weighted by Gasteiger charge is 2.39. The zero-order chi connectivity index (χ0) is 16.1. The lowest BCUT2D eigenvalue weighted by Gasteiger charge is -2.27. The van der Waals surface area contributed by atoms with Gasteiger partial charge in [-0.2, -0.15) is 0 Å². The maximum atomic E-state index is 12.3. The van der Waals surface area contributed by atoms with E-state index in [1.54, 1.807) is 0 Å². The van der Waals surface area contributed by atoms with E-state index in [1.807, 2.05) is 0 Å². The molecule has 6 N–H and O–H groups in total. The van der Waals surface area contributed by atoms with Crippen LogP contribution in [0.3, 0.4) is 0 Å². The summed E-state index contributed by atoms with van der Waals surface area (Å²) in [7, 11) is -4.04. The molecule has 9 heteroatoms. The maximum absolute atomic E-state index is 12.3. The number of hydrogen-bond donors (Lipinski definition) is 6. The number of aliphatic hydroxyl groups excluding tert-OH is 2. The van der Waals surface area contributed by atoms with Crippen LogP contribution in [-0.2, 0) is 9.84 Å². The molecule has 0 amide bonds. The Morgan fingerprint density at radius 2 is 1.14 bits per heavy atom. The molecule has 0 saturated heterocycles. The third kappa shape index (κ3) is 2.74. The molecule has 0 fully saturated rings. The van der Waals surface area contributed by atoms with E-state index >= 15 is 0 Å². The number of sulfone groups is 1.